The number of hydrogen-bond donors (Lipinski definition) is 2. The summed E-state index contributed by atoms with van der Waals surface area (Å²) in [6, 6.07) is 13.5. The summed E-state index contributed by atoms with van der Waals surface area (Å²) in [4.78, 5) is 12.1. The molecule has 2 amide bonds. The summed E-state index contributed by atoms with van der Waals surface area (Å²) in [5.41, 5.74) is 0.625. The molecule has 0 aliphatic heterocycles. The molecular formula is C18H14ClF3N4O. The number of amides is 2. The van der Waals surface area contributed by atoms with Gasteiger partial charge in [-0.25, -0.2) is 4.79 Å². The smallest absolute Gasteiger partial charge is 0.308 e. The van der Waals surface area contributed by atoms with Crippen molar-refractivity contribution in [1.82, 2.24) is 9.78 Å². The first kappa shape index (κ1) is 18.8. The Labute approximate surface area is 157 Å². The Kier molecular flexibility index (Phi) is 5.09. The highest BCUT2D eigenvalue weighted by Gasteiger charge is 2.33. The van der Waals surface area contributed by atoms with Crippen LogP contribution in [0.1, 0.15) is 5.56 Å². The highest BCUT2D eigenvalue weighted by Crippen LogP contribution is 2.36. The van der Waals surface area contributed by atoms with Gasteiger partial charge in [0.05, 0.1) is 16.3 Å². The minimum atomic E-state index is -4.61. The normalized spacial score (nSPS) is 11.3. The maximum absolute atomic E-state index is 12.9. The molecule has 9 heteroatoms. The maximum Gasteiger partial charge on any atom is 0.417 e. The minimum absolute atomic E-state index is 0.0385. The number of carbonyl (C=O) groups excluding carboxylic acids is 1. The molecule has 0 bridgehead atoms. The number of benzene rings is 2. The van der Waals surface area contributed by atoms with Gasteiger partial charge in [-0.05, 0) is 23.8 Å². The second-order valence-electron chi connectivity index (χ2n) is 5.68. The molecular weight excluding hydrogens is 381 g/mol. The number of halogens is 4. The molecule has 0 saturated heterocycles. The summed E-state index contributed by atoms with van der Waals surface area (Å²) in [5.74, 6) is 0.263. The van der Waals surface area contributed by atoms with Gasteiger partial charge in [0.15, 0.2) is 5.82 Å². The number of urea groups is 1. The van der Waals surface area contributed by atoms with Crippen molar-refractivity contribution in [3.8, 4) is 11.3 Å². The van der Waals surface area contributed by atoms with Crippen LogP contribution >= 0.6 is 11.6 Å². The summed E-state index contributed by atoms with van der Waals surface area (Å²) in [5, 5.41) is 8.58. The van der Waals surface area contributed by atoms with Gasteiger partial charge in [0.1, 0.15) is 0 Å². The Bertz CT molecular complexity index is 970. The number of anilines is 2. The number of aromatic nitrogens is 2. The molecule has 0 radical (unpaired) electrons. The van der Waals surface area contributed by atoms with Gasteiger partial charge in [0, 0.05) is 18.8 Å². The Hall–Kier alpha value is -3.00. The van der Waals surface area contributed by atoms with E-state index < -0.39 is 22.8 Å². The van der Waals surface area contributed by atoms with Crippen LogP contribution in [0.2, 0.25) is 5.02 Å². The van der Waals surface area contributed by atoms with E-state index in [-0.39, 0.29) is 11.5 Å². The molecule has 5 nitrogen and oxygen atoms in total. The Balaban J connectivity index is 1.74. The van der Waals surface area contributed by atoms with Crippen molar-refractivity contribution in [2.45, 2.75) is 6.18 Å². The average Bonchev–Trinajstić information content (AvgIpc) is 2.96. The van der Waals surface area contributed by atoms with Gasteiger partial charge in [0.2, 0.25) is 0 Å². The minimum Gasteiger partial charge on any atom is -0.308 e. The molecule has 27 heavy (non-hydrogen) atoms. The van der Waals surface area contributed by atoms with Gasteiger partial charge in [-0.3, -0.25) is 10.00 Å². The Morgan fingerprint density at radius 3 is 2.44 bits per heavy atom. The van der Waals surface area contributed by atoms with E-state index in [0.29, 0.717) is 0 Å². The molecule has 3 rings (SSSR count). The van der Waals surface area contributed by atoms with Gasteiger partial charge in [-0.15, -0.1) is 0 Å². The number of rotatable bonds is 3. The molecule has 0 fully saturated rings. The van der Waals surface area contributed by atoms with E-state index in [1.165, 1.54) is 6.07 Å². The van der Waals surface area contributed by atoms with Gasteiger partial charge in [-0.1, -0.05) is 41.9 Å². The summed E-state index contributed by atoms with van der Waals surface area (Å²) in [6.07, 6.45) is -4.61. The average molecular weight is 395 g/mol. The lowest BCUT2D eigenvalue weighted by molar-refractivity contribution is -0.137. The van der Waals surface area contributed by atoms with Crippen molar-refractivity contribution in [2.75, 3.05) is 10.6 Å². The molecule has 2 N–H and O–H groups in total. The van der Waals surface area contributed by atoms with Crippen LogP contribution in [0.3, 0.4) is 0 Å². The summed E-state index contributed by atoms with van der Waals surface area (Å²) in [7, 11) is 1.72. The van der Waals surface area contributed by atoms with Crippen LogP contribution in [0.4, 0.5) is 29.5 Å². The fourth-order valence-corrected chi connectivity index (χ4v) is 2.73. The lowest BCUT2D eigenvalue weighted by Gasteiger charge is -2.11. The van der Waals surface area contributed by atoms with E-state index in [2.05, 4.69) is 15.7 Å². The quantitative estimate of drug-likeness (QED) is 0.624. The number of nitrogens with one attached hydrogen (secondary N) is 2. The van der Waals surface area contributed by atoms with Crippen molar-refractivity contribution in [3.63, 3.8) is 0 Å². The first-order valence-electron chi connectivity index (χ1n) is 7.78. The lowest BCUT2D eigenvalue weighted by Crippen LogP contribution is -2.20. The molecule has 1 heterocycles. The van der Waals surface area contributed by atoms with Gasteiger partial charge in [0.25, 0.3) is 0 Å². The molecule has 0 aliphatic carbocycles. The first-order chi connectivity index (χ1) is 12.7. The second kappa shape index (κ2) is 7.32. The van der Waals surface area contributed by atoms with Crippen LogP contribution in [-0.4, -0.2) is 15.8 Å². The summed E-state index contributed by atoms with van der Waals surface area (Å²) in [6.45, 7) is 0. The molecule has 0 unspecified atom stereocenters. The number of alkyl halides is 3. The van der Waals surface area contributed by atoms with Gasteiger partial charge >= 0.3 is 12.2 Å². The van der Waals surface area contributed by atoms with E-state index in [1.807, 2.05) is 30.3 Å². The zero-order chi connectivity index (χ0) is 19.6. The predicted octanol–water partition coefficient (Wildman–Crippen LogP) is 5.40. The van der Waals surface area contributed by atoms with E-state index >= 15 is 0 Å². The molecule has 0 saturated carbocycles. The van der Waals surface area contributed by atoms with Gasteiger partial charge < -0.3 is 5.32 Å². The Morgan fingerprint density at radius 1 is 1.07 bits per heavy atom. The topological polar surface area (TPSA) is 59.0 Å². The third-order valence-electron chi connectivity index (χ3n) is 3.72. The van der Waals surface area contributed by atoms with Crippen LogP contribution in [0.5, 0.6) is 0 Å². The Morgan fingerprint density at radius 2 is 1.78 bits per heavy atom. The van der Waals surface area contributed by atoms with Crippen LogP contribution in [0.15, 0.2) is 54.6 Å². The van der Waals surface area contributed by atoms with Crippen molar-refractivity contribution in [1.29, 1.82) is 0 Å². The highest BCUT2D eigenvalue weighted by molar-refractivity contribution is 6.31. The van der Waals surface area contributed by atoms with E-state index in [0.717, 1.165) is 23.4 Å². The van der Waals surface area contributed by atoms with Crippen molar-refractivity contribution in [3.05, 3.63) is 65.2 Å². The molecule has 0 aliphatic rings. The first-order valence-corrected chi connectivity index (χ1v) is 8.16. The largest absolute Gasteiger partial charge is 0.417 e. The molecule has 3 aromatic rings. The van der Waals surface area contributed by atoms with Crippen LogP contribution in [-0.2, 0) is 13.2 Å². The van der Waals surface area contributed by atoms with Crippen molar-refractivity contribution >= 4 is 29.1 Å². The van der Waals surface area contributed by atoms with Crippen LogP contribution in [0.25, 0.3) is 11.3 Å². The predicted molar refractivity (Wildman–Crippen MR) is 97.7 cm³/mol. The number of hydrogen-bond acceptors (Lipinski definition) is 2. The van der Waals surface area contributed by atoms with Crippen molar-refractivity contribution < 1.29 is 18.0 Å². The number of nitrogens with zero attached hydrogens (tertiary/aromatic N) is 2. The standard InChI is InChI=1S/C18H14ClF3N4O/c1-26-15(11-5-3-2-4-6-11)10-16(25-26)24-17(27)23-12-7-8-14(19)13(9-12)18(20,21)22/h2-10H,1H3,(H2,23,24,25,27). The summed E-state index contributed by atoms with van der Waals surface area (Å²) < 4.78 is 40.3. The zero-order valence-corrected chi connectivity index (χ0v) is 14.8. The molecule has 1 aromatic heterocycles. The highest BCUT2D eigenvalue weighted by atomic mass is 35.5. The fourth-order valence-electron chi connectivity index (χ4n) is 2.51. The monoisotopic (exact) mass is 394 g/mol. The van der Waals surface area contributed by atoms with Crippen LogP contribution < -0.4 is 10.6 Å². The number of carbonyl (C=O) groups is 1. The fraction of sp³-hybridized carbons (Fsp3) is 0.111. The molecule has 0 spiro atoms. The van der Waals surface area contributed by atoms with E-state index in [4.69, 9.17) is 11.6 Å². The lowest BCUT2D eigenvalue weighted by atomic mass is 10.1. The van der Waals surface area contributed by atoms with E-state index in [1.54, 1.807) is 17.8 Å². The maximum atomic E-state index is 12.9. The third kappa shape index (κ3) is 4.40. The molecule has 2 aromatic carbocycles. The second-order valence-corrected chi connectivity index (χ2v) is 6.08. The number of aryl methyl sites for hydroxylation is 1. The molecule has 0 atom stereocenters. The third-order valence-corrected chi connectivity index (χ3v) is 4.05. The van der Waals surface area contributed by atoms with Crippen LogP contribution in [0, 0.1) is 0 Å². The van der Waals surface area contributed by atoms with Gasteiger partial charge in [-0.2, -0.15) is 18.3 Å². The SMILES string of the molecule is Cn1nc(NC(=O)Nc2ccc(Cl)c(C(F)(F)F)c2)cc1-c1ccccc1. The molecule has 140 valence electrons. The van der Waals surface area contributed by atoms with E-state index in [9.17, 15) is 18.0 Å². The summed E-state index contributed by atoms with van der Waals surface area (Å²) >= 11 is 5.56. The van der Waals surface area contributed by atoms with Crippen molar-refractivity contribution in [2.24, 2.45) is 7.05 Å². The zero-order valence-electron chi connectivity index (χ0n) is 14.0.